The van der Waals surface area contributed by atoms with Crippen molar-refractivity contribution in [2.24, 2.45) is 5.92 Å². The molecule has 1 atom stereocenters. The molecule has 1 amide bonds. The van der Waals surface area contributed by atoms with Crippen molar-refractivity contribution >= 4 is 5.91 Å². The highest BCUT2D eigenvalue weighted by molar-refractivity contribution is 5.78. The molecule has 1 N–H and O–H groups in total. The van der Waals surface area contributed by atoms with Crippen molar-refractivity contribution in [2.45, 2.75) is 33.6 Å². The van der Waals surface area contributed by atoms with Crippen molar-refractivity contribution in [3.8, 4) is 0 Å². The van der Waals surface area contributed by atoms with Crippen molar-refractivity contribution in [1.82, 2.24) is 15.1 Å². The third-order valence-electron chi connectivity index (χ3n) is 3.84. The molecule has 1 unspecified atom stereocenters. The Kier molecular flexibility index (Phi) is 7.28. The first-order valence-electron chi connectivity index (χ1n) is 7.42. The Balaban J connectivity index is 2.38. The third-order valence-corrected chi connectivity index (χ3v) is 3.84. The summed E-state index contributed by atoms with van der Waals surface area (Å²) >= 11 is 0. The summed E-state index contributed by atoms with van der Waals surface area (Å²) in [5, 5.41) is 3.44. The van der Waals surface area contributed by atoms with Crippen molar-refractivity contribution < 1.29 is 4.79 Å². The first kappa shape index (κ1) is 15.4. The molecule has 106 valence electrons. The fraction of sp³-hybridized carbons (Fsp3) is 0.929. The van der Waals surface area contributed by atoms with Gasteiger partial charge in [-0.1, -0.05) is 6.92 Å². The van der Waals surface area contributed by atoms with E-state index in [4.69, 9.17) is 0 Å². The second kappa shape index (κ2) is 8.48. The average molecular weight is 255 g/mol. The Bertz CT molecular complexity index is 235. The van der Waals surface area contributed by atoms with Gasteiger partial charge in [0.2, 0.25) is 5.91 Å². The number of hydrogen-bond donors (Lipinski definition) is 1. The van der Waals surface area contributed by atoms with Gasteiger partial charge < -0.3 is 10.2 Å². The van der Waals surface area contributed by atoms with Gasteiger partial charge in [-0.15, -0.1) is 0 Å². The smallest absolute Gasteiger partial charge is 0.236 e. The van der Waals surface area contributed by atoms with E-state index in [0.717, 1.165) is 39.3 Å². The maximum Gasteiger partial charge on any atom is 0.236 e. The molecule has 18 heavy (non-hydrogen) atoms. The largest absolute Gasteiger partial charge is 0.342 e. The summed E-state index contributed by atoms with van der Waals surface area (Å²) in [7, 11) is 0. The second-order valence-corrected chi connectivity index (χ2v) is 5.11. The SMILES string of the molecule is CCN(CC(=O)N(CC)CC)CC1CCCNC1. The zero-order valence-electron chi connectivity index (χ0n) is 12.2. The lowest BCUT2D eigenvalue weighted by atomic mass is 9.99. The van der Waals surface area contributed by atoms with Crippen LogP contribution in [-0.4, -0.2) is 61.5 Å². The van der Waals surface area contributed by atoms with Crippen molar-refractivity contribution in [2.75, 3.05) is 45.8 Å². The van der Waals surface area contributed by atoms with Crippen LogP contribution in [-0.2, 0) is 4.79 Å². The number of amides is 1. The maximum absolute atomic E-state index is 12.1. The van der Waals surface area contributed by atoms with Gasteiger partial charge in [-0.05, 0) is 52.2 Å². The van der Waals surface area contributed by atoms with Gasteiger partial charge in [-0.3, -0.25) is 9.69 Å². The molecule has 0 bridgehead atoms. The van der Waals surface area contributed by atoms with Crippen molar-refractivity contribution in [3.63, 3.8) is 0 Å². The van der Waals surface area contributed by atoms with Crippen LogP contribution >= 0.6 is 0 Å². The maximum atomic E-state index is 12.1. The van der Waals surface area contributed by atoms with Crippen LogP contribution in [0, 0.1) is 5.92 Å². The van der Waals surface area contributed by atoms with Crippen LogP contribution in [0.25, 0.3) is 0 Å². The molecule has 1 fully saturated rings. The minimum Gasteiger partial charge on any atom is -0.342 e. The van der Waals surface area contributed by atoms with Crippen LogP contribution in [0.15, 0.2) is 0 Å². The van der Waals surface area contributed by atoms with E-state index in [2.05, 4.69) is 17.1 Å². The van der Waals surface area contributed by atoms with E-state index in [0.29, 0.717) is 12.5 Å². The lowest BCUT2D eigenvalue weighted by molar-refractivity contribution is -0.132. The first-order chi connectivity index (χ1) is 8.71. The van der Waals surface area contributed by atoms with Gasteiger partial charge in [0, 0.05) is 19.6 Å². The molecule has 0 spiro atoms. The summed E-state index contributed by atoms with van der Waals surface area (Å²) in [4.78, 5) is 16.3. The zero-order chi connectivity index (χ0) is 13.4. The number of carbonyl (C=O) groups excluding carboxylic acids is 1. The Morgan fingerprint density at radius 3 is 2.44 bits per heavy atom. The molecule has 1 rings (SSSR count). The molecular formula is C14H29N3O. The third kappa shape index (κ3) is 4.94. The zero-order valence-corrected chi connectivity index (χ0v) is 12.2. The molecular weight excluding hydrogens is 226 g/mol. The topological polar surface area (TPSA) is 35.6 Å². The number of piperidine rings is 1. The number of carbonyl (C=O) groups is 1. The van der Waals surface area contributed by atoms with Crippen LogP contribution in [0.1, 0.15) is 33.6 Å². The first-order valence-corrected chi connectivity index (χ1v) is 7.42. The molecule has 1 aliphatic heterocycles. The van der Waals surface area contributed by atoms with Gasteiger partial charge in [0.15, 0.2) is 0 Å². The number of rotatable bonds is 7. The predicted octanol–water partition coefficient (Wildman–Crippen LogP) is 1.18. The molecule has 0 aromatic heterocycles. The van der Waals surface area contributed by atoms with E-state index in [-0.39, 0.29) is 5.91 Å². The number of nitrogens with one attached hydrogen (secondary N) is 1. The fourth-order valence-electron chi connectivity index (χ4n) is 2.62. The second-order valence-electron chi connectivity index (χ2n) is 5.11. The van der Waals surface area contributed by atoms with Gasteiger partial charge in [0.05, 0.1) is 6.54 Å². The van der Waals surface area contributed by atoms with Gasteiger partial charge in [0.1, 0.15) is 0 Å². The minimum atomic E-state index is 0.269. The van der Waals surface area contributed by atoms with Crippen LogP contribution < -0.4 is 5.32 Å². The van der Waals surface area contributed by atoms with Crippen LogP contribution in [0.4, 0.5) is 0 Å². The molecule has 0 aliphatic carbocycles. The number of likely N-dealkylation sites (N-methyl/N-ethyl adjacent to an activating group) is 2. The number of nitrogens with zero attached hydrogens (tertiary/aromatic N) is 2. The van der Waals surface area contributed by atoms with E-state index in [1.165, 1.54) is 12.8 Å². The lowest BCUT2D eigenvalue weighted by Crippen LogP contribution is -2.44. The minimum absolute atomic E-state index is 0.269. The molecule has 1 saturated heterocycles. The van der Waals surface area contributed by atoms with Crippen molar-refractivity contribution in [3.05, 3.63) is 0 Å². The van der Waals surface area contributed by atoms with Gasteiger partial charge in [-0.2, -0.15) is 0 Å². The average Bonchev–Trinajstić information content (AvgIpc) is 2.40. The van der Waals surface area contributed by atoms with Crippen molar-refractivity contribution in [1.29, 1.82) is 0 Å². The Morgan fingerprint density at radius 1 is 1.22 bits per heavy atom. The van der Waals surface area contributed by atoms with E-state index in [1.807, 2.05) is 18.7 Å². The summed E-state index contributed by atoms with van der Waals surface area (Å²) in [6.07, 6.45) is 2.56. The molecule has 0 aromatic rings. The number of hydrogen-bond acceptors (Lipinski definition) is 3. The molecule has 0 aromatic carbocycles. The fourth-order valence-corrected chi connectivity index (χ4v) is 2.62. The lowest BCUT2D eigenvalue weighted by Gasteiger charge is -2.30. The summed E-state index contributed by atoms with van der Waals surface area (Å²) < 4.78 is 0. The highest BCUT2D eigenvalue weighted by Crippen LogP contribution is 2.11. The monoisotopic (exact) mass is 255 g/mol. The van der Waals surface area contributed by atoms with E-state index < -0.39 is 0 Å². The summed E-state index contributed by atoms with van der Waals surface area (Å²) in [5.74, 6) is 0.980. The molecule has 1 heterocycles. The van der Waals surface area contributed by atoms with Crippen LogP contribution in [0.5, 0.6) is 0 Å². The summed E-state index contributed by atoms with van der Waals surface area (Å²) in [6.45, 7) is 12.7. The van der Waals surface area contributed by atoms with Gasteiger partial charge in [-0.25, -0.2) is 0 Å². The van der Waals surface area contributed by atoms with E-state index in [1.54, 1.807) is 0 Å². The molecule has 0 saturated carbocycles. The quantitative estimate of drug-likeness (QED) is 0.742. The Morgan fingerprint density at radius 2 is 1.94 bits per heavy atom. The molecule has 1 aliphatic rings. The normalized spacial score (nSPS) is 20.1. The highest BCUT2D eigenvalue weighted by atomic mass is 16.2. The highest BCUT2D eigenvalue weighted by Gasteiger charge is 2.19. The molecule has 4 heteroatoms. The van der Waals surface area contributed by atoms with Gasteiger partial charge in [0.25, 0.3) is 0 Å². The summed E-state index contributed by atoms with van der Waals surface area (Å²) in [5.41, 5.74) is 0. The van der Waals surface area contributed by atoms with E-state index in [9.17, 15) is 4.79 Å². The van der Waals surface area contributed by atoms with Crippen LogP contribution in [0.3, 0.4) is 0 Å². The predicted molar refractivity (Wildman–Crippen MR) is 75.6 cm³/mol. The summed E-state index contributed by atoms with van der Waals surface area (Å²) in [6, 6.07) is 0. The Labute approximate surface area is 112 Å². The standard InChI is InChI=1S/C14H29N3O/c1-4-16(11-13-8-7-9-15-10-13)12-14(18)17(5-2)6-3/h13,15H,4-12H2,1-3H3. The van der Waals surface area contributed by atoms with Crippen LogP contribution in [0.2, 0.25) is 0 Å². The molecule has 0 radical (unpaired) electrons. The van der Waals surface area contributed by atoms with Gasteiger partial charge >= 0.3 is 0 Å². The Hall–Kier alpha value is -0.610. The molecule has 4 nitrogen and oxygen atoms in total. The van der Waals surface area contributed by atoms with E-state index >= 15 is 0 Å².